The van der Waals surface area contributed by atoms with Gasteiger partial charge in [-0.2, -0.15) is 0 Å². The van der Waals surface area contributed by atoms with Crippen LogP contribution in [0.1, 0.15) is 66.1 Å². The molecule has 0 bridgehead atoms. The molecular formula is C17H26ClNOS. The van der Waals surface area contributed by atoms with Gasteiger partial charge in [0.2, 0.25) is 0 Å². The Morgan fingerprint density at radius 1 is 1.33 bits per heavy atom. The molecule has 1 aliphatic carbocycles. The summed E-state index contributed by atoms with van der Waals surface area (Å²) in [7, 11) is 0. The summed E-state index contributed by atoms with van der Waals surface area (Å²) in [5.41, 5.74) is 1.52. The first-order chi connectivity index (χ1) is 10.0. The highest BCUT2D eigenvalue weighted by Crippen LogP contribution is 2.29. The van der Waals surface area contributed by atoms with Gasteiger partial charge in [0.15, 0.2) is 0 Å². The average molecular weight is 328 g/mol. The van der Waals surface area contributed by atoms with Crippen molar-refractivity contribution in [3.63, 3.8) is 0 Å². The van der Waals surface area contributed by atoms with E-state index in [1.165, 1.54) is 29.7 Å². The molecule has 21 heavy (non-hydrogen) atoms. The van der Waals surface area contributed by atoms with Crippen LogP contribution >= 0.6 is 22.9 Å². The molecule has 118 valence electrons. The molecule has 0 aromatic carbocycles. The Morgan fingerprint density at radius 3 is 2.86 bits per heavy atom. The fourth-order valence-corrected chi connectivity index (χ4v) is 4.12. The monoisotopic (exact) mass is 327 g/mol. The molecule has 0 spiro atoms. The standard InChI is InChI=1S/C17H26ClNOS/c1-17(2,9-6-10-18)12-19-16(20)15-11-13-7-4-3-5-8-14(13)21-15/h11H,3-10,12H2,1-2H3,(H,19,20). The first-order valence-corrected chi connectivity index (χ1v) is 9.33. The Hall–Kier alpha value is -0.540. The molecule has 1 aromatic rings. The van der Waals surface area contributed by atoms with Crippen molar-refractivity contribution in [2.75, 3.05) is 12.4 Å². The summed E-state index contributed by atoms with van der Waals surface area (Å²) in [5, 5.41) is 3.10. The number of aryl methyl sites for hydroxylation is 2. The number of halogens is 1. The van der Waals surface area contributed by atoms with Crippen LogP contribution in [0, 0.1) is 5.41 Å². The van der Waals surface area contributed by atoms with Gasteiger partial charge in [0.05, 0.1) is 4.88 Å². The zero-order chi connectivity index (χ0) is 15.3. The molecule has 0 aliphatic heterocycles. The quantitative estimate of drug-likeness (QED) is 0.590. The molecule has 1 aliphatic rings. The first kappa shape index (κ1) is 16.8. The van der Waals surface area contributed by atoms with E-state index in [1.54, 1.807) is 11.3 Å². The van der Waals surface area contributed by atoms with E-state index in [4.69, 9.17) is 11.6 Å². The lowest BCUT2D eigenvalue weighted by atomic mass is 9.88. The number of fused-ring (bicyclic) bond motifs is 1. The molecule has 0 atom stereocenters. The number of rotatable bonds is 6. The fraction of sp³-hybridized carbons (Fsp3) is 0.706. The van der Waals surface area contributed by atoms with Crippen LogP contribution in [0.2, 0.25) is 0 Å². The molecule has 1 aromatic heterocycles. The minimum absolute atomic E-state index is 0.0898. The third-order valence-electron chi connectivity index (χ3n) is 4.19. The fourth-order valence-electron chi connectivity index (χ4n) is 2.82. The summed E-state index contributed by atoms with van der Waals surface area (Å²) in [5.74, 6) is 0.779. The predicted octanol–water partition coefficient (Wildman–Crippen LogP) is 4.79. The minimum atomic E-state index is 0.0898. The lowest BCUT2D eigenvalue weighted by Crippen LogP contribution is -2.33. The number of hydrogen-bond donors (Lipinski definition) is 1. The first-order valence-electron chi connectivity index (χ1n) is 7.97. The van der Waals surface area contributed by atoms with Crippen LogP contribution in [-0.4, -0.2) is 18.3 Å². The summed E-state index contributed by atoms with van der Waals surface area (Å²) in [6.07, 6.45) is 8.16. The van der Waals surface area contributed by atoms with Crippen molar-refractivity contribution in [2.45, 2.75) is 58.8 Å². The van der Waals surface area contributed by atoms with Gasteiger partial charge in [0, 0.05) is 17.3 Å². The maximum Gasteiger partial charge on any atom is 0.261 e. The molecule has 0 unspecified atom stereocenters. The van der Waals surface area contributed by atoms with Gasteiger partial charge >= 0.3 is 0 Å². The van der Waals surface area contributed by atoms with Crippen LogP contribution < -0.4 is 5.32 Å². The van der Waals surface area contributed by atoms with Crippen molar-refractivity contribution in [2.24, 2.45) is 5.41 Å². The maximum atomic E-state index is 12.3. The van der Waals surface area contributed by atoms with E-state index in [-0.39, 0.29) is 11.3 Å². The Balaban J connectivity index is 1.91. The Bertz CT molecular complexity index is 458. The van der Waals surface area contributed by atoms with Crippen LogP contribution in [0.4, 0.5) is 0 Å². The Morgan fingerprint density at radius 2 is 2.10 bits per heavy atom. The van der Waals surface area contributed by atoms with E-state index >= 15 is 0 Å². The molecule has 1 N–H and O–H groups in total. The molecule has 0 radical (unpaired) electrons. The van der Waals surface area contributed by atoms with E-state index in [9.17, 15) is 4.79 Å². The number of alkyl halides is 1. The number of thiophene rings is 1. The van der Waals surface area contributed by atoms with Crippen LogP contribution in [0.15, 0.2) is 6.07 Å². The zero-order valence-electron chi connectivity index (χ0n) is 13.1. The molecule has 2 nitrogen and oxygen atoms in total. The molecule has 1 amide bonds. The third-order valence-corrected chi connectivity index (χ3v) is 5.69. The van der Waals surface area contributed by atoms with Crippen molar-refractivity contribution in [1.82, 2.24) is 5.32 Å². The van der Waals surface area contributed by atoms with Crippen molar-refractivity contribution in [1.29, 1.82) is 0 Å². The summed E-state index contributed by atoms with van der Waals surface area (Å²) in [6, 6.07) is 2.12. The molecule has 4 heteroatoms. The van der Waals surface area contributed by atoms with Crippen molar-refractivity contribution >= 4 is 28.8 Å². The van der Waals surface area contributed by atoms with Gasteiger partial charge in [0.25, 0.3) is 5.91 Å². The SMILES string of the molecule is CC(C)(CCCCl)CNC(=O)c1cc2c(s1)CCCCC2. The van der Waals surface area contributed by atoms with E-state index < -0.39 is 0 Å². The van der Waals surface area contributed by atoms with Gasteiger partial charge in [-0.3, -0.25) is 4.79 Å². The van der Waals surface area contributed by atoms with Crippen molar-refractivity contribution in [3.05, 3.63) is 21.4 Å². The van der Waals surface area contributed by atoms with E-state index in [1.807, 2.05) is 0 Å². The third kappa shape index (κ3) is 5.00. The summed E-state index contributed by atoms with van der Waals surface area (Å²) in [6.45, 7) is 5.08. The van der Waals surface area contributed by atoms with Crippen LogP contribution in [0.3, 0.4) is 0 Å². The lowest BCUT2D eigenvalue weighted by molar-refractivity contribution is 0.0938. The van der Waals surface area contributed by atoms with E-state index in [2.05, 4.69) is 25.2 Å². The molecular weight excluding hydrogens is 302 g/mol. The Labute approximate surface area is 137 Å². The molecule has 2 rings (SSSR count). The average Bonchev–Trinajstić information content (AvgIpc) is 2.74. The zero-order valence-corrected chi connectivity index (χ0v) is 14.7. The highest BCUT2D eigenvalue weighted by atomic mass is 35.5. The highest BCUT2D eigenvalue weighted by molar-refractivity contribution is 7.14. The largest absolute Gasteiger partial charge is 0.351 e. The number of nitrogens with one attached hydrogen (secondary N) is 1. The van der Waals surface area contributed by atoms with Crippen LogP contribution in [0.5, 0.6) is 0 Å². The van der Waals surface area contributed by atoms with Gasteiger partial charge in [-0.05, 0) is 55.6 Å². The highest BCUT2D eigenvalue weighted by Gasteiger charge is 2.21. The maximum absolute atomic E-state index is 12.3. The van der Waals surface area contributed by atoms with E-state index in [0.29, 0.717) is 12.4 Å². The Kier molecular flexibility index (Phi) is 6.12. The normalized spacial score (nSPS) is 15.4. The number of hydrogen-bond acceptors (Lipinski definition) is 2. The van der Waals surface area contributed by atoms with Gasteiger partial charge < -0.3 is 5.32 Å². The van der Waals surface area contributed by atoms with Crippen molar-refractivity contribution < 1.29 is 4.79 Å². The smallest absolute Gasteiger partial charge is 0.261 e. The number of carbonyl (C=O) groups excluding carboxylic acids is 1. The summed E-state index contributed by atoms with van der Waals surface area (Å²) < 4.78 is 0. The molecule has 0 saturated carbocycles. The van der Waals surface area contributed by atoms with Gasteiger partial charge in [-0.15, -0.1) is 22.9 Å². The second-order valence-corrected chi connectivity index (χ2v) is 8.27. The molecule has 0 saturated heterocycles. The predicted molar refractivity (Wildman–Crippen MR) is 91.6 cm³/mol. The van der Waals surface area contributed by atoms with Crippen molar-refractivity contribution in [3.8, 4) is 0 Å². The van der Waals surface area contributed by atoms with Crippen LogP contribution in [0.25, 0.3) is 0 Å². The van der Waals surface area contributed by atoms with Gasteiger partial charge in [-0.25, -0.2) is 0 Å². The topological polar surface area (TPSA) is 29.1 Å². The second kappa shape index (κ2) is 7.64. The number of amides is 1. The van der Waals surface area contributed by atoms with E-state index in [0.717, 1.165) is 30.6 Å². The van der Waals surface area contributed by atoms with Gasteiger partial charge in [-0.1, -0.05) is 20.3 Å². The molecule has 1 heterocycles. The molecule has 0 fully saturated rings. The van der Waals surface area contributed by atoms with Crippen LogP contribution in [-0.2, 0) is 12.8 Å². The lowest BCUT2D eigenvalue weighted by Gasteiger charge is -2.24. The summed E-state index contributed by atoms with van der Waals surface area (Å²) in [4.78, 5) is 14.7. The van der Waals surface area contributed by atoms with Gasteiger partial charge in [0.1, 0.15) is 0 Å². The minimum Gasteiger partial charge on any atom is -0.351 e. The second-order valence-electron chi connectivity index (χ2n) is 6.76. The number of carbonyl (C=O) groups is 1. The summed E-state index contributed by atoms with van der Waals surface area (Å²) >= 11 is 7.44.